The lowest BCUT2D eigenvalue weighted by molar-refractivity contribution is -0.128. The van der Waals surface area contributed by atoms with Gasteiger partial charge in [0.05, 0.1) is 0 Å². The van der Waals surface area contributed by atoms with E-state index in [9.17, 15) is 10.1 Å². The lowest BCUT2D eigenvalue weighted by Crippen LogP contribution is -2.38. The van der Waals surface area contributed by atoms with Crippen LogP contribution >= 0.6 is 15.9 Å². The summed E-state index contributed by atoms with van der Waals surface area (Å²) in [6, 6.07) is 9.54. The van der Waals surface area contributed by atoms with Crippen molar-refractivity contribution in [2.24, 2.45) is 5.92 Å². The highest BCUT2D eigenvalue weighted by Gasteiger charge is 2.22. The molecule has 110 valence electrons. The highest BCUT2D eigenvalue weighted by molar-refractivity contribution is 9.10. The van der Waals surface area contributed by atoms with Gasteiger partial charge >= 0.3 is 0 Å². The van der Waals surface area contributed by atoms with E-state index in [1.54, 1.807) is 4.90 Å². The van der Waals surface area contributed by atoms with Gasteiger partial charge in [0, 0.05) is 29.4 Å². The highest BCUT2D eigenvalue weighted by Crippen LogP contribution is 2.18. The summed E-state index contributed by atoms with van der Waals surface area (Å²) in [5.74, 6) is 0.471. The summed E-state index contributed by atoms with van der Waals surface area (Å²) in [4.78, 5) is 14.1. The molecule has 1 amide bonds. The smallest absolute Gasteiger partial charge is 0.266 e. The molecule has 0 aliphatic carbocycles. The molecule has 1 aliphatic rings. The van der Waals surface area contributed by atoms with Crippen LogP contribution in [0, 0.1) is 17.2 Å². The molecule has 1 aliphatic heterocycles. The number of rotatable bonds is 3. The summed E-state index contributed by atoms with van der Waals surface area (Å²) in [6.07, 6.45) is 3.50. The molecule has 1 heterocycles. The summed E-state index contributed by atoms with van der Waals surface area (Å²) < 4.78 is 0.982. The van der Waals surface area contributed by atoms with Crippen LogP contribution in [0.4, 0.5) is 5.69 Å². The van der Waals surface area contributed by atoms with Gasteiger partial charge in [-0.2, -0.15) is 5.26 Å². The normalized spacial score (nSPS) is 16.4. The number of carbonyl (C=O) groups is 1. The van der Waals surface area contributed by atoms with E-state index in [-0.39, 0.29) is 11.5 Å². The Kier molecular flexibility index (Phi) is 5.40. The molecule has 0 bridgehead atoms. The number of carbonyl (C=O) groups excluding carboxylic acids is 1. The Balaban J connectivity index is 2.01. The van der Waals surface area contributed by atoms with E-state index in [0.29, 0.717) is 5.92 Å². The van der Waals surface area contributed by atoms with Gasteiger partial charge in [-0.15, -0.1) is 0 Å². The fourth-order valence-electron chi connectivity index (χ4n) is 2.23. The van der Waals surface area contributed by atoms with Crippen molar-refractivity contribution in [1.82, 2.24) is 4.90 Å². The van der Waals surface area contributed by atoms with Gasteiger partial charge in [-0.3, -0.25) is 4.79 Å². The number of hydrogen-bond acceptors (Lipinski definition) is 3. The first-order chi connectivity index (χ1) is 10.1. The zero-order valence-electron chi connectivity index (χ0n) is 12.0. The molecule has 1 aromatic carbocycles. The standard InChI is InChI=1S/C16H18BrN3O/c1-12-6-8-20(9-7-12)16(21)13(10-18)11-19-15-4-2-14(17)3-5-15/h2-5,11-12,19H,6-9H2,1H3/b13-11-. The van der Waals surface area contributed by atoms with Gasteiger partial charge in [0.2, 0.25) is 0 Å². The van der Waals surface area contributed by atoms with E-state index in [0.717, 1.165) is 36.1 Å². The minimum absolute atomic E-state index is 0.146. The van der Waals surface area contributed by atoms with E-state index in [1.807, 2.05) is 30.3 Å². The molecule has 2 rings (SSSR count). The maximum atomic E-state index is 12.3. The third-order valence-electron chi connectivity index (χ3n) is 3.65. The van der Waals surface area contributed by atoms with Gasteiger partial charge in [0.15, 0.2) is 0 Å². The Bertz CT molecular complexity index is 566. The summed E-state index contributed by atoms with van der Waals surface area (Å²) >= 11 is 3.36. The van der Waals surface area contributed by atoms with E-state index < -0.39 is 0 Å². The van der Waals surface area contributed by atoms with Gasteiger partial charge in [-0.25, -0.2) is 0 Å². The van der Waals surface area contributed by atoms with Crippen molar-refractivity contribution < 1.29 is 4.79 Å². The molecule has 0 spiro atoms. The lowest BCUT2D eigenvalue weighted by atomic mass is 9.99. The number of likely N-dealkylation sites (tertiary alicyclic amines) is 1. The van der Waals surface area contributed by atoms with Crippen LogP contribution in [0.1, 0.15) is 19.8 Å². The number of nitrogens with one attached hydrogen (secondary N) is 1. The van der Waals surface area contributed by atoms with E-state index >= 15 is 0 Å². The van der Waals surface area contributed by atoms with Crippen LogP contribution in [0.3, 0.4) is 0 Å². The second kappa shape index (κ2) is 7.28. The zero-order valence-corrected chi connectivity index (χ0v) is 13.6. The molecular formula is C16H18BrN3O. The Morgan fingerprint density at radius 1 is 1.38 bits per heavy atom. The van der Waals surface area contributed by atoms with Crippen molar-refractivity contribution in [2.75, 3.05) is 18.4 Å². The molecule has 1 fully saturated rings. The Morgan fingerprint density at radius 3 is 2.57 bits per heavy atom. The fourth-order valence-corrected chi connectivity index (χ4v) is 2.49. The summed E-state index contributed by atoms with van der Waals surface area (Å²) in [6.45, 7) is 3.66. The van der Waals surface area contributed by atoms with Gasteiger partial charge in [-0.1, -0.05) is 22.9 Å². The number of amides is 1. The first-order valence-electron chi connectivity index (χ1n) is 7.02. The Hall–Kier alpha value is -1.80. The molecule has 0 radical (unpaired) electrons. The summed E-state index contributed by atoms with van der Waals surface area (Å²) in [5.41, 5.74) is 0.985. The molecule has 1 N–H and O–H groups in total. The lowest BCUT2D eigenvalue weighted by Gasteiger charge is -2.30. The predicted molar refractivity (Wildman–Crippen MR) is 86.4 cm³/mol. The first-order valence-corrected chi connectivity index (χ1v) is 7.81. The van der Waals surface area contributed by atoms with Crippen LogP contribution in [0.15, 0.2) is 40.5 Å². The van der Waals surface area contributed by atoms with E-state index in [2.05, 4.69) is 28.2 Å². The molecule has 0 saturated carbocycles. The van der Waals surface area contributed by atoms with Crippen LogP contribution in [-0.4, -0.2) is 23.9 Å². The molecule has 0 aromatic heterocycles. The average Bonchev–Trinajstić information content (AvgIpc) is 2.50. The quantitative estimate of drug-likeness (QED) is 0.672. The maximum Gasteiger partial charge on any atom is 0.266 e. The van der Waals surface area contributed by atoms with Crippen LogP contribution in [0.5, 0.6) is 0 Å². The molecule has 1 aromatic rings. The molecule has 1 saturated heterocycles. The summed E-state index contributed by atoms with van der Waals surface area (Å²) in [5, 5.41) is 12.2. The Labute approximate surface area is 133 Å². The molecule has 0 unspecified atom stereocenters. The van der Waals surface area contributed by atoms with Crippen molar-refractivity contribution in [2.45, 2.75) is 19.8 Å². The SMILES string of the molecule is CC1CCN(C(=O)/C(C#N)=C\Nc2ccc(Br)cc2)CC1. The molecule has 5 heteroatoms. The second-order valence-electron chi connectivity index (χ2n) is 5.30. The topological polar surface area (TPSA) is 56.1 Å². The number of halogens is 1. The minimum Gasteiger partial charge on any atom is -0.360 e. The van der Waals surface area contributed by atoms with Gasteiger partial charge < -0.3 is 10.2 Å². The van der Waals surface area contributed by atoms with Gasteiger partial charge in [0.1, 0.15) is 11.6 Å². The van der Waals surface area contributed by atoms with E-state index in [1.165, 1.54) is 6.20 Å². The van der Waals surface area contributed by atoms with Crippen LogP contribution in [0.25, 0.3) is 0 Å². The third-order valence-corrected chi connectivity index (χ3v) is 4.18. The molecule has 21 heavy (non-hydrogen) atoms. The second-order valence-corrected chi connectivity index (χ2v) is 6.21. The highest BCUT2D eigenvalue weighted by atomic mass is 79.9. The number of benzene rings is 1. The van der Waals surface area contributed by atoms with E-state index in [4.69, 9.17) is 0 Å². The van der Waals surface area contributed by atoms with Crippen molar-refractivity contribution in [1.29, 1.82) is 5.26 Å². The average molecular weight is 348 g/mol. The minimum atomic E-state index is -0.186. The Morgan fingerprint density at radius 2 is 2.00 bits per heavy atom. The van der Waals surface area contributed by atoms with Crippen LogP contribution in [-0.2, 0) is 4.79 Å². The predicted octanol–water partition coefficient (Wildman–Crippen LogP) is 3.53. The summed E-state index contributed by atoms with van der Waals surface area (Å²) in [7, 11) is 0. The maximum absolute atomic E-state index is 12.3. The number of hydrogen-bond donors (Lipinski definition) is 1. The third kappa shape index (κ3) is 4.33. The number of nitrogens with zero attached hydrogens (tertiary/aromatic N) is 2. The first kappa shape index (κ1) is 15.6. The van der Waals surface area contributed by atoms with Crippen molar-refractivity contribution >= 4 is 27.5 Å². The number of nitriles is 1. The van der Waals surface area contributed by atoms with Gasteiger partial charge in [-0.05, 0) is 43.0 Å². The van der Waals surface area contributed by atoms with Crippen LogP contribution < -0.4 is 5.32 Å². The monoisotopic (exact) mass is 347 g/mol. The molecule has 4 nitrogen and oxygen atoms in total. The zero-order chi connectivity index (χ0) is 15.2. The number of piperidine rings is 1. The van der Waals surface area contributed by atoms with Crippen molar-refractivity contribution in [3.05, 3.63) is 40.5 Å². The van der Waals surface area contributed by atoms with Crippen LogP contribution in [0.2, 0.25) is 0 Å². The van der Waals surface area contributed by atoms with Crippen molar-refractivity contribution in [3.63, 3.8) is 0 Å². The number of anilines is 1. The fraction of sp³-hybridized carbons (Fsp3) is 0.375. The largest absolute Gasteiger partial charge is 0.360 e. The molecule has 0 atom stereocenters. The van der Waals surface area contributed by atoms with Gasteiger partial charge in [0.25, 0.3) is 5.91 Å². The van der Waals surface area contributed by atoms with Crippen molar-refractivity contribution in [3.8, 4) is 6.07 Å². The molecular weight excluding hydrogens is 330 g/mol.